The Labute approximate surface area is 74.0 Å². The maximum atomic E-state index is 4.12. The molecule has 0 unspecified atom stereocenters. The van der Waals surface area contributed by atoms with Crippen LogP contribution in [0.15, 0.2) is 12.4 Å². The van der Waals surface area contributed by atoms with Gasteiger partial charge in [-0.25, -0.2) is 0 Å². The number of rotatable bonds is 4. The van der Waals surface area contributed by atoms with Gasteiger partial charge in [-0.3, -0.25) is 4.68 Å². The molecule has 0 spiro atoms. The van der Waals surface area contributed by atoms with Crippen LogP contribution in [0.3, 0.4) is 0 Å². The van der Waals surface area contributed by atoms with Gasteiger partial charge in [0.15, 0.2) is 0 Å². The number of nitrogens with zero attached hydrogens (tertiary/aromatic N) is 3. The standard InChI is InChI=1S/C9H17N3/c1-4-11(2)6-5-9-7-10-12(3)8-9/h7-8H,4-6H2,1-3H3. The summed E-state index contributed by atoms with van der Waals surface area (Å²) in [5.74, 6) is 0. The summed E-state index contributed by atoms with van der Waals surface area (Å²) < 4.78 is 1.85. The fourth-order valence-electron chi connectivity index (χ4n) is 1.08. The van der Waals surface area contributed by atoms with Gasteiger partial charge >= 0.3 is 0 Å². The molecule has 3 nitrogen and oxygen atoms in total. The molecule has 1 aromatic rings. The van der Waals surface area contributed by atoms with Crippen molar-refractivity contribution in [1.29, 1.82) is 0 Å². The van der Waals surface area contributed by atoms with Gasteiger partial charge in [-0.15, -0.1) is 0 Å². The van der Waals surface area contributed by atoms with Crippen LogP contribution in [0, 0.1) is 0 Å². The van der Waals surface area contributed by atoms with Crippen molar-refractivity contribution < 1.29 is 0 Å². The predicted molar refractivity (Wildman–Crippen MR) is 50.1 cm³/mol. The third kappa shape index (κ3) is 2.66. The molecule has 0 N–H and O–H groups in total. The van der Waals surface area contributed by atoms with Gasteiger partial charge in [0.05, 0.1) is 6.20 Å². The van der Waals surface area contributed by atoms with E-state index in [9.17, 15) is 0 Å². The van der Waals surface area contributed by atoms with E-state index in [1.54, 1.807) is 0 Å². The number of likely N-dealkylation sites (N-methyl/N-ethyl adjacent to an activating group) is 1. The van der Waals surface area contributed by atoms with E-state index in [-0.39, 0.29) is 0 Å². The molecule has 0 aromatic carbocycles. The van der Waals surface area contributed by atoms with Gasteiger partial charge in [0.25, 0.3) is 0 Å². The van der Waals surface area contributed by atoms with E-state index >= 15 is 0 Å². The van der Waals surface area contributed by atoms with Crippen LogP contribution in [0.4, 0.5) is 0 Å². The number of hydrogen-bond acceptors (Lipinski definition) is 2. The topological polar surface area (TPSA) is 21.1 Å². The smallest absolute Gasteiger partial charge is 0.0522 e. The van der Waals surface area contributed by atoms with Gasteiger partial charge in [-0.2, -0.15) is 5.10 Å². The summed E-state index contributed by atoms with van der Waals surface area (Å²) in [7, 11) is 4.09. The van der Waals surface area contributed by atoms with Crippen molar-refractivity contribution in [2.75, 3.05) is 20.1 Å². The van der Waals surface area contributed by atoms with Crippen LogP contribution in [0.1, 0.15) is 12.5 Å². The predicted octanol–water partition coefficient (Wildman–Crippen LogP) is 0.914. The van der Waals surface area contributed by atoms with Gasteiger partial charge in [-0.05, 0) is 25.6 Å². The Morgan fingerprint density at radius 1 is 1.58 bits per heavy atom. The van der Waals surface area contributed by atoms with E-state index in [0.717, 1.165) is 19.5 Å². The van der Waals surface area contributed by atoms with E-state index in [1.807, 2.05) is 17.9 Å². The highest BCUT2D eigenvalue weighted by Gasteiger charge is 1.98. The fraction of sp³-hybridized carbons (Fsp3) is 0.667. The first-order valence-corrected chi connectivity index (χ1v) is 4.38. The molecule has 68 valence electrons. The van der Waals surface area contributed by atoms with E-state index in [2.05, 4.69) is 30.2 Å². The maximum absolute atomic E-state index is 4.12. The SMILES string of the molecule is CCN(C)CCc1cnn(C)c1. The molecule has 0 aliphatic heterocycles. The summed E-state index contributed by atoms with van der Waals surface area (Å²) in [6.07, 6.45) is 5.10. The molecule has 1 aromatic heterocycles. The monoisotopic (exact) mass is 167 g/mol. The molecule has 1 rings (SSSR count). The van der Waals surface area contributed by atoms with Crippen molar-refractivity contribution in [3.8, 4) is 0 Å². The summed E-state index contributed by atoms with van der Waals surface area (Å²) in [6, 6.07) is 0. The van der Waals surface area contributed by atoms with Gasteiger partial charge in [0, 0.05) is 19.8 Å². The third-order valence-corrected chi connectivity index (χ3v) is 2.08. The summed E-state index contributed by atoms with van der Waals surface area (Å²) in [4.78, 5) is 2.30. The van der Waals surface area contributed by atoms with E-state index in [0.29, 0.717) is 0 Å². The Morgan fingerprint density at radius 3 is 2.83 bits per heavy atom. The summed E-state index contributed by atoms with van der Waals surface area (Å²) in [6.45, 7) is 4.39. The van der Waals surface area contributed by atoms with Crippen molar-refractivity contribution in [2.24, 2.45) is 7.05 Å². The molecular weight excluding hydrogens is 150 g/mol. The number of hydrogen-bond donors (Lipinski definition) is 0. The largest absolute Gasteiger partial charge is 0.306 e. The lowest BCUT2D eigenvalue weighted by atomic mass is 10.2. The average Bonchev–Trinajstić information content (AvgIpc) is 2.47. The summed E-state index contributed by atoms with van der Waals surface area (Å²) in [5.41, 5.74) is 1.32. The highest BCUT2D eigenvalue weighted by atomic mass is 15.2. The molecule has 0 radical (unpaired) electrons. The van der Waals surface area contributed by atoms with Crippen LogP contribution in [0.2, 0.25) is 0 Å². The molecule has 0 fully saturated rings. The van der Waals surface area contributed by atoms with Gasteiger partial charge in [-0.1, -0.05) is 6.92 Å². The van der Waals surface area contributed by atoms with Gasteiger partial charge in [0.1, 0.15) is 0 Å². The molecular formula is C9H17N3. The highest BCUT2D eigenvalue weighted by Crippen LogP contribution is 1.98. The summed E-state index contributed by atoms with van der Waals surface area (Å²) in [5, 5.41) is 4.12. The minimum absolute atomic E-state index is 1.10. The lowest BCUT2D eigenvalue weighted by Crippen LogP contribution is -2.20. The highest BCUT2D eigenvalue weighted by molar-refractivity contribution is 5.03. The Hall–Kier alpha value is -0.830. The Bertz CT molecular complexity index is 229. The molecule has 3 heteroatoms. The first-order chi connectivity index (χ1) is 5.72. The van der Waals surface area contributed by atoms with E-state index in [4.69, 9.17) is 0 Å². The average molecular weight is 167 g/mol. The Morgan fingerprint density at radius 2 is 2.33 bits per heavy atom. The minimum Gasteiger partial charge on any atom is -0.306 e. The lowest BCUT2D eigenvalue weighted by Gasteiger charge is -2.11. The van der Waals surface area contributed by atoms with Crippen molar-refractivity contribution in [3.63, 3.8) is 0 Å². The third-order valence-electron chi connectivity index (χ3n) is 2.08. The molecule has 0 aliphatic rings. The van der Waals surface area contributed by atoms with E-state index in [1.165, 1.54) is 5.56 Å². The second-order valence-electron chi connectivity index (χ2n) is 3.17. The first kappa shape index (κ1) is 9.26. The summed E-state index contributed by atoms with van der Waals surface area (Å²) >= 11 is 0. The number of aryl methyl sites for hydroxylation is 1. The number of aromatic nitrogens is 2. The quantitative estimate of drug-likeness (QED) is 0.664. The molecule has 0 amide bonds. The molecule has 1 heterocycles. The molecule has 0 aliphatic carbocycles. The van der Waals surface area contributed by atoms with Crippen LogP contribution in [0.5, 0.6) is 0 Å². The Balaban J connectivity index is 2.33. The van der Waals surface area contributed by atoms with Crippen LogP contribution in [-0.4, -0.2) is 34.8 Å². The maximum Gasteiger partial charge on any atom is 0.0522 e. The minimum atomic E-state index is 1.10. The van der Waals surface area contributed by atoms with Crippen molar-refractivity contribution >= 4 is 0 Å². The first-order valence-electron chi connectivity index (χ1n) is 4.38. The van der Waals surface area contributed by atoms with Crippen molar-refractivity contribution in [2.45, 2.75) is 13.3 Å². The van der Waals surface area contributed by atoms with Crippen LogP contribution >= 0.6 is 0 Å². The van der Waals surface area contributed by atoms with Crippen molar-refractivity contribution in [3.05, 3.63) is 18.0 Å². The molecule has 0 saturated carbocycles. The normalized spacial score (nSPS) is 11.0. The molecule has 12 heavy (non-hydrogen) atoms. The second-order valence-corrected chi connectivity index (χ2v) is 3.17. The molecule has 0 atom stereocenters. The van der Waals surface area contributed by atoms with Crippen LogP contribution in [-0.2, 0) is 13.5 Å². The lowest BCUT2D eigenvalue weighted by molar-refractivity contribution is 0.357. The fourth-order valence-corrected chi connectivity index (χ4v) is 1.08. The molecule has 0 saturated heterocycles. The van der Waals surface area contributed by atoms with Gasteiger partial charge < -0.3 is 4.90 Å². The van der Waals surface area contributed by atoms with Crippen molar-refractivity contribution in [1.82, 2.24) is 14.7 Å². The second kappa shape index (κ2) is 4.26. The molecule has 0 bridgehead atoms. The van der Waals surface area contributed by atoms with Gasteiger partial charge in [0.2, 0.25) is 0 Å². The zero-order valence-electron chi connectivity index (χ0n) is 8.12. The Kier molecular flexibility index (Phi) is 3.29. The zero-order chi connectivity index (χ0) is 8.97. The van der Waals surface area contributed by atoms with E-state index < -0.39 is 0 Å². The zero-order valence-corrected chi connectivity index (χ0v) is 8.12. The van der Waals surface area contributed by atoms with Crippen LogP contribution in [0.25, 0.3) is 0 Å². The van der Waals surface area contributed by atoms with Crippen LogP contribution < -0.4 is 0 Å².